The van der Waals surface area contributed by atoms with E-state index in [1.165, 1.54) is 5.56 Å². The second-order valence-corrected chi connectivity index (χ2v) is 4.93. The molecule has 1 aromatic heterocycles. The summed E-state index contributed by atoms with van der Waals surface area (Å²) in [7, 11) is 0. The molecule has 0 aliphatic heterocycles. The summed E-state index contributed by atoms with van der Waals surface area (Å²) in [5.41, 5.74) is 3.09. The largest absolute Gasteiger partial charge is 0.384 e. The van der Waals surface area contributed by atoms with Crippen LogP contribution in [0.4, 0.5) is 0 Å². The predicted molar refractivity (Wildman–Crippen MR) is 77.0 cm³/mol. The molecule has 3 nitrogen and oxygen atoms in total. The number of benzene rings is 1. The van der Waals surface area contributed by atoms with Gasteiger partial charge in [0.05, 0.1) is 6.20 Å². The SMILES string of the molecule is CCCc1cccc(C(O)c2cnn(CCC)c2)c1. The average molecular weight is 258 g/mol. The van der Waals surface area contributed by atoms with E-state index < -0.39 is 6.10 Å². The van der Waals surface area contributed by atoms with Gasteiger partial charge in [-0.15, -0.1) is 0 Å². The monoisotopic (exact) mass is 258 g/mol. The molecule has 19 heavy (non-hydrogen) atoms. The highest BCUT2D eigenvalue weighted by atomic mass is 16.3. The van der Waals surface area contributed by atoms with Crippen LogP contribution in [0.1, 0.15) is 49.5 Å². The molecule has 0 aliphatic rings. The lowest BCUT2D eigenvalue weighted by Gasteiger charge is -2.10. The van der Waals surface area contributed by atoms with Crippen molar-refractivity contribution >= 4 is 0 Å². The van der Waals surface area contributed by atoms with E-state index in [9.17, 15) is 5.11 Å². The summed E-state index contributed by atoms with van der Waals surface area (Å²) >= 11 is 0. The number of hydrogen-bond acceptors (Lipinski definition) is 2. The van der Waals surface area contributed by atoms with Crippen LogP contribution in [0, 0.1) is 0 Å². The number of aromatic nitrogens is 2. The standard InChI is InChI=1S/C16H22N2O/c1-3-6-13-7-5-8-14(10-13)16(19)15-11-17-18(12-15)9-4-2/h5,7-8,10-12,16,19H,3-4,6,9H2,1-2H3. The maximum Gasteiger partial charge on any atom is 0.107 e. The van der Waals surface area contributed by atoms with Crippen molar-refractivity contribution in [2.24, 2.45) is 0 Å². The smallest absolute Gasteiger partial charge is 0.107 e. The molecule has 1 aromatic carbocycles. The van der Waals surface area contributed by atoms with Gasteiger partial charge in [-0.1, -0.05) is 44.5 Å². The van der Waals surface area contributed by atoms with Crippen LogP contribution in [0.2, 0.25) is 0 Å². The third kappa shape index (κ3) is 3.44. The molecule has 1 atom stereocenters. The Bertz CT molecular complexity index is 519. The van der Waals surface area contributed by atoms with Crippen molar-refractivity contribution in [2.75, 3.05) is 0 Å². The number of nitrogens with zero attached hydrogens (tertiary/aromatic N) is 2. The average Bonchev–Trinajstić information content (AvgIpc) is 2.88. The third-order valence-electron chi connectivity index (χ3n) is 3.23. The van der Waals surface area contributed by atoms with Crippen LogP contribution in [-0.2, 0) is 13.0 Å². The van der Waals surface area contributed by atoms with Gasteiger partial charge in [0.15, 0.2) is 0 Å². The van der Waals surface area contributed by atoms with Gasteiger partial charge in [0, 0.05) is 18.3 Å². The molecule has 0 spiro atoms. The number of aliphatic hydroxyl groups excluding tert-OH is 1. The fraction of sp³-hybridized carbons (Fsp3) is 0.438. The van der Waals surface area contributed by atoms with Crippen LogP contribution in [0.15, 0.2) is 36.7 Å². The molecular formula is C16H22N2O. The highest BCUT2D eigenvalue weighted by Gasteiger charge is 2.12. The van der Waals surface area contributed by atoms with Gasteiger partial charge >= 0.3 is 0 Å². The van der Waals surface area contributed by atoms with Crippen LogP contribution in [0.25, 0.3) is 0 Å². The third-order valence-corrected chi connectivity index (χ3v) is 3.23. The molecular weight excluding hydrogens is 236 g/mol. The number of aryl methyl sites for hydroxylation is 2. The molecule has 1 heterocycles. The van der Waals surface area contributed by atoms with Crippen LogP contribution in [0.5, 0.6) is 0 Å². The zero-order valence-electron chi connectivity index (χ0n) is 11.7. The van der Waals surface area contributed by atoms with E-state index in [0.29, 0.717) is 0 Å². The summed E-state index contributed by atoms with van der Waals surface area (Å²) in [4.78, 5) is 0. The maximum atomic E-state index is 10.4. The van der Waals surface area contributed by atoms with E-state index in [4.69, 9.17) is 0 Å². The van der Waals surface area contributed by atoms with E-state index in [1.54, 1.807) is 6.20 Å². The maximum absolute atomic E-state index is 10.4. The Hall–Kier alpha value is -1.61. The normalized spacial score (nSPS) is 12.6. The van der Waals surface area contributed by atoms with E-state index >= 15 is 0 Å². The number of hydrogen-bond donors (Lipinski definition) is 1. The molecule has 0 aliphatic carbocycles. The molecule has 0 saturated heterocycles. The van der Waals surface area contributed by atoms with Gasteiger partial charge in [-0.2, -0.15) is 5.10 Å². The number of rotatable bonds is 6. The fourth-order valence-electron chi connectivity index (χ4n) is 2.27. The lowest BCUT2D eigenvalue weighted by Crippen LogP contribution is -2.00. The minimum absolute atomic E-state index is 0.581. The Labute approximate surface area is 114 Å². The van der Waals surface area contributed by atoms with Crippen LogP contribution >= 0.6 is 0 Å². The van der Waals surface area contributed by atoms with E-state index in [2.05, 4.69) is 31.1 Å². The van der Waals surface area contributed by atoms with E-state index in [-0.39, 0.29) is 0 Å². The first kappa shape index (κ1) is 13.8. The fourth-order valence-corrected chi connectivity index (χ4v) is 2.27. The second-order valence-electron chi connectivity index (χ2n) is 4.93. The van der Waals surface area contributed by atoms with Crippen molar-refractivity contribution in [2.45, 2.75) is 45.8 Å². The van der Waals surface area contributed by atoms with Crippen LogP contribution < -0.4 is 0 Å². The Morgan fingerprint density at radius 3 is 2.79 bits per heavy atom. The molecule has 3 heteroatoms. The minimum atomic E-state index is -0.581. The molecule has 2 rings (SSSR count). The van der Waals surface area contributed by atoms with Crippen molar-refractivity contribution in [3.05, 3.63) is 53.3 Å². The van der Waals surface area contributed by atoms with Gasteiger partial charge in [0.1, 0.15) is 6.10 Å². The summed E-state index contributed by atoms with van der Waals surface area (Å²) in [6.07, 6.45) is 6.32. The molecule has 1 unspecified atom stereocenters. The molecule has 0 saturated carbocycles. The summed E-state index contributed by atoms with van der Waals surface area (Å²) in [6, 6.07) is 8.19. The lowest BCUT2D eigenvalue weighted by molar-refractivity contribution is 0.220. The van der Waals surface area contributed by atoms with Crippen molar-refractivity contribution in [3.8, 4) is 0 Å². The first-order chi connectivity index (χ1) is 9.24. The van der Waals surface area contributed by atoms with Gasteiger partial charge in [-0.25, -0.2) is 0 Å². The van der Waals surface area contributed by atoms with E-state index in [0.717, 1.165) is 36.9 Å². The van der Waals surface area contributed by atoms with E-state index in [1.807, 2.05) is 23.0 Å². The summed E-state index contributed by atoms with van der Waals surface area (Å²) < 4.78 is 1.88. The molecule has 0 fully saturated rings. The quantitative estimate of drug-likeness (QED) is 0.863. The van der Waals surface area contributed by atoms with Gasteiger partial charge in [0.2, 0.25) is 0 Å². The minimum Gasteiger partial charge on any atom is -0.384 e. The molecule has 0 bridgehead atoms. The van der Waals surface area contributed by atoms with Crippen LogP contribution in [0.3, 0.4) is 0 Å². The zero-order valence-corrected chi connectivity index (χ0v) is 11.7. The molecule has 1 N–H and O–H groups in total. The Kier molecular flexibility index (Phi) is 4.74. The van der Waals surface area contributed by atoms with Crippen molar-refractivity contribution in [3.63, 3.8) is 0 Å². The highest BCUT2D eigenvalue weighted by molar-refractivity contribution is 5.30. The summed E-state index contributed by atoms with van der Waals surface area (Å²) in [5, 5.41) is 14.7. The Morgan fingerprint density at radius 1 is 1.21 bits per heavy atom. The highest BCUT2D eigenvalue weighted by Crippen LogP contribution is 2.22. The van der Waals surface area contributed by atoms with Crippen molar-refractivity contribution in [1.82, 2.24) is 9.78 Å². The van der Waals surface area contributed by atoms with Crippen molar-refractivity contribution < 1.29 is 5.11 Å². The van der Waals surface area contributed by atoms with Gasteiger partial charge < -0.3 is 5.11 Å². The zero-order chi connectivity index (χ0) is 13.7. The first-order valence-corrected chi connectivity index (χ1v) is 7.03. The Balaban J connectivity index is 2.17. The molecule has 102 valence electrons. The second kappa shape index (κ2) is 6.53. The first-order valence-electron chi connectivity index (χ1n) is 7.03. The summed E-state index contributed by atoms with van der Waals surface area (Å²) in [6.45, 7) is 5.17. The van der Waals surface area contributed by atoms with Gasteiger partial charge in [0.25, 0.3) is 0 Å². The molecule has 0 amide bonds. The number of aliphatic hydroxyl groups is 1. The van der Waals surface area contributed by atoms with Crippen molar-refractivity contribution in [1.29, 1.82) is 0 Å². The molecule has 2 aromatic rings. The molecule has 0 radical (unpaired) electrons. The topological polar surface area (TPSA) is 38.1 Å². The summed E-state index contributed by atoms with van der Waals surface area (Å²) in [5.74, 6) is 0. The van der Waals surface area contributed by atoms with Gasteiger partial charge in [-0.3, -0.25) is 4.68 Å². The Morgan fingerprint density at radius 2 is 2.05 bits per heavy atom. The van der Waals surface area contributed by atoms with Gasteiger partial charge in [-0.05, 0) is 24.0 Å². The van der Waals surface area contributed by atoms with Crippen LogP contribution in [-0.4, -0.2) is 14.9 Å². The lowest BCUT2D eigenvalue weighted by atomic mass is 10.0. The predicted octanol–water partition coefficient (Wildman–Crippen LogP) is 3.33.